The molecule has 0 spiro atoms. The second-order valence-corrected chi connectivity index (χ2v) is 9.54. The molecule has 6 nitrogen and oxygen atoms in total. The zero-order valence-corrected chi connectivity index (χ0v) is 17.5. The fraction of sp³-hybridized carbons (Fsp3) is 0.636. The minimum atomic E-state index is -0.327. The minimum absolute atomic E-state index is 0.0725. The number of rotatable bonds is 3. The van der Waals surface area contributed by atoms with Gasteiger partial charge in [-0.2, -0.15) is 0 Å². The van der Waals surface area contributed by atoms with Gasteiger partial charge in [-0.3, -0.25) is 4.79 Å². The van der Waals surface area contributed by atoms with Gasteiger partial charge in [-0.1, -0.05) is 12.5 Å². The van der Waals surface area contributed by atoms with E-state index in [0.717, 1.165) is 31.2 Å². The standard InChI is InChI=1S/C22H34N4O2/c1-13-8-9-16(12-18(13)24-21(28)26-22(2,3)4)20(27)25-19-14-6-5-7-15(19)11-17(23)10-14/h8-9,12,14-15,17,19H,5-7,10-11,23H2,1-4H3,(H,25,27)(H2,24,26,28). The number of nitrogens with two attached hydrogens (primary N) is 1. The Bertz CT molecular complexity index is 727. The van der Waals surface area contributed by atoms with Crippen LogP contribution in [-0.2, 0) is 0 Å². The molecule has 3 amide bonds. The smallest absolute Gasteiger partial charge is 0.319 e. The van der Waals surface area contributed by atoms with Crippen LogP contribution in [-0.4, -0.2) is 29.6 Å². The lowest BCUT2D eigenvalue weighted by Gasteiger charge is -2.45. The molecule has 6 heteroatoms. The van der Waals surface area contributed by atoms with E-state index in [4.69, 9.17) is 5.73 Å². The third kappa shape index (κ3) is 5.04. The first kappa shape index (κ1) is 20.6. The van der Waals surface area contributed by atoms with Crippen LogP contribution in [0.25, 0.3) is 0 Å². The Balaban J connectivity index is 1.70. The van der Waals surface area contributed by atoms with Crippen LogP contribution < -0.4 is 21.7 Å². The number of hydrogen-bond acceptors (Lipinski definition) is 3. The minimum Gasteiger partial charge on any atom is -0.349 e. The van der Waals surface area contributed by atoms with Gasteiger partial charge in [0.15, 0.2) is 0 Å². The number of amides is 3. The molecule has 2 aliphatic carbocycles. The molecule has 1 aromatic rings. The van der Waals surface area contributed by atoms with Gasteiger partial charge >= 0.3 is 6.03 Å². The molecular weight excluding hydrogens is 352 g/mol. The number of anilines is 1. The van der Waals surface area contributed by atoms with Crippen molar-refractivity contribution < 1.29 is 9.59 Å². The second-order valence-electron chi connectivity index (χ2n) is 9.54. The molecular formula is C22H34N4O2. The third-order valence-electron chi connectivity index (χ3n) is 5.91. The Morgan fingerprint density at radius 2 is 1.75 bits per heavy atom. The summed E-state index contributed by atoms with van der Waals surface area (Å²) < 4.78 is 0. The van der Waals surface area contributed by atoms with E-state index >= 15 is 0 Å². The molecule has 2 fully saturated rings. The number of carbonyl (C=O) groups is 2. The van der Waals surface area contributed by atoms with E-state index in [2.05, 4.69) is 16.0 Å². The molecule has 5 N–H and O–H groups in total. The molecule has 0 aromatic heterocycles. The number of carbonyl (C=O) groups excluding carboxylic acids is 2. The summed E-state index contributed by atoms with van der Waals surface area (Å²) in [4.78, 5) is 25.1. The van der Waals surface area contributed by atoms with Crippen molar-refractivity contribution in [2.24, 2.45) is 17.6 Å². The van der Waals surface area contributed by atoms with Gasteiger partial charge in [-0.25, -0.2) is 4.79 Å². The molecule has 0 aliphatic heterocycles. The normalized spacial score (nSPS) is 27.0. The lowest BCUT2D eigenvalue weighted by Crippen LogP contribution is -2.53. The van der Waals surface area contributed by atoms with Crippen LogP contribution in [0.4, 0.5) is 10.5 Å². The van der Waals surface area contributed by atoms with Gasteiger partial charge in [-0.15, -0.1) is 0 Å². The highest BCUT2D eigenvalue weighted by molar-refractivity contribution is 5.97. The Morgan fingerprint density at radius 3 is 2.36 bits per heavy atom. The van der Waals surface area contributed by atoms with Gasteiger partial charge in [0.2, 0.25) is 0 Å². The largest absolute Gasteiger partial charge is 0.349 e. The van der Waals surface area contributed by atoms with E-state index in [-0.39, 0.29) is 29.6 Å². The summed E-state index contributed by atoms with van der Waals surface area (Å²) in [5, 5.41) is 9.02. The van der Waals surface area contributed by atoms with Gasteiger partial charge in [0.1, 0.15) is 0 Å². The van der Waals surface area contributed by atoms with Crippen LogP contribution in [0.5, 0.6) is 0 Å². The summed E-state index contributed by atoms with van der Waals surface area (Å²) >= 11 is 0. The Kier molecular flexibility index (Phi) is 5.98. The molecule has 2 unspecified atom stereocenters. The summed E-state index contributed by atoms with van der Waals surface area (Å²) in [6.45, 7) is 7.70. The fourth-order valence-corrected chi connectivity index (χ4v) is 4.65. The molecule has 2 aliphatic rings. The predicted molar refractivity (Wildman–Crippen MR) is 112 cm³/mol. The van der Waals surface area contributed by atoms with Crippen LogP contribution in [0, 0.1) is 18.8 Å². The first-order valence-corrected chi connectivity index (χ1v) is 10.4. The van der Waals surface area contributed by atoms with Crippen LogP contribution >= 0.6 is 0 Å². The predicted octanol–water partition coefficient (Wildman–Crippen LogP) is 3.55. The lowest BCUT2D eigenvalue weighted by molar-refractivity contribution is 0.0756. The van der Waals surface area contributed by atoms with Crippen LogP contribution in [0.3, 0.4) is 0 Å². The van der Waals surface area contributed by atoms with Gasteiger partial charge in [0.25, 0.3) is 5.91 Å². The number of hydrogen-bond donors (Lipinski definition) is 4. The Morgan fingerprint density at radius 1 is 1.11 bits per heavy atom. The van der Waals surface area contributed by atoms with Crippen LogP contribution in [0.15, 0.2) is 18.2 Å². The van der Waals surface area contributed by atoms with Crippen LogP contribution in [0.2, 0.25) is 0 Å². The first-order valence-electron chi connectivity index (χ1n) is 10.4. The zero-order chi connectivity index (χ0) is 20.5. The van der Waals surface area contributed by atoms with Crippen molar-refractivity contribution >= 4 is 17.6 Å². The maximum atomic E-state index is 12.9. The van der Waals surface area contributed by atoms with E-state index in [1.165, 1.54) is 6.42 Å². The molecule has 1 aromatic carbocycles. The summed E-state index contributed by atoms with van der Waals surface area (Å²) in [7, 11) is 0. The topological polar surface area (TPSA) is 96.2 Å². The Labute approximate surface area is 168 Å². The number of aryl methyl sites for hydroxylation is 1. The number of benzene rings is 1. The van der Waals surface area contributed by atoms with Crippen molar-refractivity contribution in [3.05, 3.63) is 29.3 Å². The van der Waals surface area contributed by atoms with Crippen molar-refractivity contribution in [2.75, 3.05) is 5.32 Å². The summed E-state index contributed by atoms with van der Waals surface area (Å²) in [6, 6.07) is 5.66. The molecule has 2 atom stereocenters. The highest BCUT2D eigenvalue weighted by atomic mass is 16.2. The maximum absolute atomic E-state index is 12.9. The van der Waals surface area contributed by atoms with Crippen molar-refractivity contribution in [3.8, 4) is 0 Å². The molecule has 154 valence electrons. The molecule has 0 saturated heterocycles. The Hall–Kier alpha value is -2.08. The lowest BCUT2D eigenvalue weighted by atomic mass is 9.67. The van der Waals surface area contributed by atoms with Crippen molar-refractivity contribution in [3.63, 3.8) is 0 Å². The van der Waals surface area contributed by atoms with E-state index in [1.54, 1.807) is 6.07 Å². The number of nitrogens with one attached hydrogen (secondary N) is 3. The SMILES string of the molecule is Cc1ccc(C(=O)NC2C3CCCC2CC(N)C3)cc1NC(=O)NC(C)(C)C. The molecule has 3 rings (SSSR count). The monoisotopic (exact) mass is 386 g/mol. The fourth-order valence-electron chi connectivity index (χ4n) is 4.65. The average Bonchev–Trinajstić information content (AvgIpc) is 2.56. The first-order chi connectivity index (χ1) is 13.1. The van der Waals surface area contributed by atoms with Gasteiger partial charge in [-0.05, 0) is 82.9 Å². The van der Waals surface area contributed by atoms with Gasteiger partial charge in [0.05, 0.1) is 0 Å². The quantitative estimate of drug-likeness (QED) is 0.640. The average molecular weight is 387 g/mol. The molecule has 2 bridgehead atoms. The number of urea groups is 1. The van der Waals surface area contributed by atoms with Crippen molar-refractivity contribution in [1.29, 1.82) is 0 Å². The zero-order valence-electron chi connectivity index (χ0n) is 17.5. The summed E-state index contributed by atoms with van der Waals surface area (Å²) in [6.07, 6.45) is 5.51. The molecule has 2 saturated carbocycles. The van der Waals surface area contributed by atoms with Gasteiger partial charge in [0, 0.05) is 28.9 Å². The highest BCUT2D eigenvalue weighted by Gasteiger charge is 2.40. The van der Waals surface area contributed by atoms with E-state index in [9.17, 15) is 9.59 Å². The van der Waals surface area contributed by atoms with Gasteiger partial charge < -0.3 is 21.7 Å². The molecule has 0 radical (unpaired) electrons. The number of fused-ring (bicyclic) bond motifs is 2. The van der Waals surface area contributed by atoms with E-state index < -0.39 is 0 Å². The van der Waals surface area contributed by atoms with Crippen LogP contribution in [0.1, 0.15) is 68.8 Å². The van der Waals surface area contributed by atoms with Crippen molar-refractivity contribution in [2.45, 2.75) is 77.4 Å². The molecule has 0 heterocycles. The second kappa shape index (κ2) is 8.11. The molecule has 28 heavy (non-hydrogen) atoms. The van der Waals surface area contributed by atoms with E-state index in [1.807, 2.05) is 39.8 Å². The summed E-state index contributed by atoms with van der Waals surface area (Å²) in [5.74, 6) is 0.885. The maximum Gasteiger partial charge on any atom is 0.319 e. The van der Waals surface area contributed by atoms with Crippen molar-refractivity contribution in [1.82, 2.24) is 10.6 Å². The van der Waals surface area contributed by atoms with E-state index in [0.29, 0.717) is 23.1 Å². The summed E-state index contributed by atoms with van der Waals surface area (Å²) in [5.41, 5.74) is 8.01. The third-order valence-corrected chi connectivity index (χ3v) is 5.91. The highest BCUT2D eigenvalue weighted by Crippen LogP contribution is 2.39.